The molecule has 0 aliphatic carbocycles. The zero-order chi connectivity index (χ0) is 18.8. The number of anilines is 1. The number of amides is 1. The van der Waals surface area contributed by atoms with E-state index >= 15 is 0 Å². The maximum absolute atomic E-state index is 12.4. The molecule has 0 radical (unpaired) electrons. The van der Waals surface area contributed by atoms with Crippen LogP contribution in [0.5, 0.6) is 11.5 Å². The van der Waals surface area contributed by atoms with Crippen LogP contribution < -0.4 is 19.7 Å². The van der Waals surface area contributed by atoms with E-state index in [4.69, 9.17) is 9.47 Å². The van der Waals surface area contributed by atoms with Crippen molar-refractivity contribution in [2.24, 2.45) is 0 Å². The van der Waals surface area contributed by atoms with Crippen LogP contribution in [0.25, 0.3) is 0 Å². The number of nitrogens with zero attached hydrogens (tertiary/aromatic N) is 1. The molecule has 0 saturated heterocycles. The van der Waals surface area contributed by atoms with Gasteiger partial charge in [-0.05, 0) is 37.1 Å². The fourth-order valence-electron chi connectivity index (χ4n) is 2.61. The molecule has 1 atom stereocenters. The highest BCUT2D eigenvalue weighted by molar-refractivity contribution is 5.81. The van der Waals surface area contributed by atoms with E-state index in [0.29, 0.717) is 24.5 Å². The van der Waals surface area contributed by atoms with Crippen LogP contribution in [0.3, 0.4) is 0 Å². The molecule has 0 saturated carbocycles. The van der Waals surface area contributed by atoms with Gasteiger partial charge in [-0.15, -0.1) is 0 Å². The zero-order valence-electron chi connectivity index (χ0n) is 15.8. The standard InChI is InChI=1S/C21H28N2O3/c1-4-20(26-19-13-8-12-18(16-19)25-3)21(24)22-14-9-15-23(2)17-10-6-5-7-11-17/h5-8,10-13,16,20H,4,9,14-15H2,1-3H3,(H,22,24). The summed E-state index contributed by atoms with van der Waals surface area (Å²) in [6.45, 7) is 3.43. The summed E-state index contributed by atoms with van der Waals surface area (Å²) in [5, 5.41) is 2.97. The van der Waals surface area contributed by atoms with E-state index in [1.165, 1.54) is 5.69 Å². The van der Waals surface area contributed by atoms with E-state index in [-0.39, 0.29) is 5.91 Å². The Hall–Kier alpha value is -2.69. The molecule has 1 amide bonds. The van der Waals surface area contributed by atoms with Crippen molar-refractivity contribution in [2.75, 3.05) is 32.1 Å². The van der Waals surface area contributed by atoms with Crippen molar-refractivity contribution in [3.8, 4) is 11.5 Å². The van der Waals surface area contributed by atoms with E-state index in [9.17, 15) is 4.79 Å². The van der Waals surface area contributed by atoms with Gasteiger partial charge >= 0.3 is 0 Å². The van der Waals surface area contributed by atoms with E-state index in [1.807, 2.05) is 43.3 Å². The molecule has 140 valence electrons. The molecule has 0 spiro atoms. The lowest BCUT2D eigenvalue weighted by atomic mass is 10.2. The molecule has 5 nitrogen and oxygen atoms in total. The van der Waals surface area contributed by atoms with Gasteiger partial charge in [0.2, 0.25) is 0 Å². The van der Waals surface area contributed by atoms with Crippen molar-refractivity contribution < 1.29 is 14.3 Å². The Bertz CT molecular complexity index is 676. The predicted molar refractivity (Wildman–Crippen MR) is 105 cm³/mol. The molecule has 26 heavy (non-hydrogen) atoms. The third kappa shape index (κ3) is 5.99. The summed E-state index contributed by atoms with van der Waals surface area (Å²) in [5.74, 6) is 1.26. The number of methoxy groups -OCH3 is 1. The van der Waals surface area contributed by atoms with Gasteiger partial charge in [0.25, 0.3) is 5.91 Å². The number of carbonyl (C=O) groups is 1. The third-order valence-corrected chi connectivity index (χ3v) is 4.15. The summed E-state index contributed by atoms with van der Waals surface area (Å²) in [5.41, 5.74) is 1.17. The van der Waals surface area contributed by atoms with E-state index in [2.05, 4.69) is 29.4 Å². The first-order valence-corrected chi connectivity index (χ1v) is 8.98. The molecule has 0 aliphatic heterocycles. The average Bonchev–Trinajstić information content (AvgIpc) is 2.69. The summed E-state index contributed by atoms with van der Waals surface area (Å²) in [6, 6.07) is 17.5. The van der Waals surface area contributed by atoms with Crippen LogP contribution in [-0.4, -0.2) is 39.3 Å². The van der Waals surface area contributed by atoms with Crippen LogP contribution in [-0.2, 0) is 4.79 Å². The second kappa shape index (κ2) is 10.3. The number of para-hydroxylation sites is 1. The van der Waals surface area contributed by atoms with Crippen LogP contribution in [0.15, 0.2) is 54.6 Å². The molecule has 1 N–H and O–H groups in total. The Morgan fingerprint density at radius 2 is 1.85 bits per heavy atom. The largest absolute Gasteiger partial charge is 0.497 e. The first-order chi connectivity index (χ1) is 12.6. The molecule has 0 aromatic heterocycles. The molecule has 2 aromatic rings. The Labute approximate surface area is 155 Å². The molecule has 0 aliphatic rings. The second-order valence-electron chi connectivity index (χ2n) is 6.10. The van der Waals surface area contributed by atoms with E-state index in [1.54, 1.807) is 13.2 Å². The number of nitrogens with one attached hydrogen (secondary N) is 1. The lowest BCUT2D eigenvalue weighted by molar-refractivity contribution is -0.128. The number of ether oxygens (including phenoxy) is 2. The van der Waals surface area contributed by atoms with E-state index in [0.717, 1.165) is 13.0 Å². The van der Waals surface area contributed by atoms with Gasteiger partial charge in [0, 0.05) is 31.9 Å². The molecule has 0 bridgehead atoms. The predicted octanol–water partition coefficient (Wildman–Crippen LogP) is 3.50. The summed E-state index contributed by atoms with van der Waals surface area (Å²) < 4.78 is 11.0. The molecular formula is C21H28N2O3. The average molecular weight is 356 g/mol. The zero-order valence-corrected chi connectivity index (χ0v) is 15.8. The van der Waals surface area contributed by atoms with Gasteiger partial charge in [0.15, 0.2) is 6.10 Å². The van der Waals surface area contributed by atoms with Crippen LogP contribution >= 0.6 is 0 Å². The molecule has 0 fully saturated rings. The van der Waals surface area contributed by atoms with Crippen molar-refractivity contribution in [1.29, 1.82) is 0 Å². The lowest BCUT2D eigenvalue weighted by Crippen LogP contribution is -2.39. The van der Waals surface area contributed by atoms with Crippen LogP contribution in [0.4, 0.5) is 5.69 Å². The highest BCUT2D eigenvalue weighted by atomic mass is 16.5. The summed E-state index contributed by atoms with van der Waals surface area (Å²) in [7, 11) is 3.66. The second-order valence-corrected chi connectivity index (χ2v) is 6.10. The van der Waals surface area contributed by atoms with E-state index < -0.39 is 6.10 Å². The number of benzene rings is 2. The smallest absolute Gasteiger partial charge is 0.261 e. The van der Waals surface area contributed by atoms with Crippen molar-refractivity contribution in [1.82, 2.24) is 5.32 Å². The summed E-state index contributed by atoms with van der Waals surface area (Å²) in [4.78, 5) is 14.5. The third-order valence-electron chi connectivity index (χ3n) is 4.15. The van der Waals surface area contributed by atoms with Gasteiger partial charge in [0.1, 0.15) is 11.5 Å². The highest BCUT2D eigenvalue weighted by Gasteiger charge is 2.18. The molecular weight excluding hydrogens is 328 g/mol. The summed E-state index contributed by atoms with van der Waals surface area (Å²) in [6.07, 6.45) is 0.966. The minimum atomic E-state index is -0.506. The SMILES string of the molecule is CCC(Oc1cccc(OC)c1)C(=O)NCCCN(C)c1ccccc1. The number of hydrogen-bond acceptors (Lipinski definition) is 4. The molecule has 0 heterocycles. The van der Waals surface area contributed by atoms with Crippen LogP contribution in [0.1, 0.15) is 19.8 Å². The normalized spacial score (nSPS) is 11.5. The van der Waals surface area contributed by atoms with Crippen LogP contribution in [0, 0.1) is 0 Å². The molecule has 2 rings (SSSR count). The van der Waals surface area contributed by atoms with Crippen molar-refractivity contribution >= 4 is 11.6 Å². The Kier molecular flexibility index (Phi) is 7.80. The first kappa shape index (κ1) is 19.6. The van der Waals surface area contributed by atoms with Gasteiger partial charge in [-0.1, -0.05) is 31.2 Å². The highest BCUT2D eigenvalue weighted by Crippen LogP contribution is 2.20. The van der Waals surface area contributed by atoms with Crippen LogP contribution in [0.2, 0.25) is 0 Å². The van der Waals surface area contributed by atoms with Gasteiger partial charge < -0.3 is 19.7 Å². The minimum absolute atomic E-state index is 0.0855. The van der Waals surface area contributed by atoms with Gasteiger partial charge in [-0.25, -0.2) is 0 Å². The quantitative estimate of drug-likeness (QED) is 0.662. The monoisotopic (exact) mass is 356 g/mol. The maximum atomic E-state index is 12.4. The van der Waals surface area contributed by atoms with Crippen molar-refractivity contribution in [3.05, 3.63) is 54.6 Å². The molecule has 5 heteroatoms. The van der Waals surface area contributed by atoms with Crippen molar-refractivity contribution in [3.63, 3.8) is 0 Å². The number of rotatable bonds is 10. The number of hydrogen-bond donors (Lipinski definition) is 1. The Morgan fingerprint density at radius 1 is 1.12 bits per heavy atom. The number of carbonyl (C=O) groups excluding carboxylic acids is 1. The van der Waals surface area contributed by atoms with Gasteiger partial charge in [-0.3, -0.25) is 4.79 Å². The summed E-state index contributed by atoms with van der Waals surface area (Å²) >= 11 is 0. The lowest BCUT2D eigenvalue weighted by Gasteiger charge is -2.20. The topological polar surface area (TPSA) is 50.8 Å². The Balaban J connectivity index is 1.76. The van der Waals surface area contributed by atoms with Gasteiger partial charge in [0.05, 0.1) is 7.11 Å². The fraction of sp³-hybridized carbons (Fsp3) is 0.381. The Morgan fingerprint density at radius 3 is 2.54 bits per heavy atom. The maximum Gasteiger partial charge on any atom is 0.261 e. The first-order valence-electron chi connectivity index (χ1n) is 8.98. The molecule has 2 aromatic carbocycles. The van der Waals surface area contributed by atoms with Crippen molar-refractivity contribution in [2.45, 2.75) is 25.9 Å². The molecule has 1 unspecified atom stereocenters. The minimum Gasteiger partial charge on any atom is -0.497 e. The van der Waals surface area contributed by atoms with Gasteiger partial charge in [-0.2, -0.15) is 0 Å². The fourth-order valence-corrected chi connectivity index (χ4v) is 2.61.